The first-order valence-corrected chi connectivity index (χ1v) is 7.27. The zero-order valence-corrected chi connectivity index (χ0v) is 11.7. The summed E-state index contributed by atoms with van der Waals surface area (Å²) in [4.78, 5) is 12.2. The Morgan fingerprint density at radius 2 is 1.89 bits per heavy atom. The minimum Gasteiger partial charge on any atom is -0.462 e. The largest absolute Gasteiger partial charge is 0.462 e. The number of hydrogen-bond acceptors (Lipinski definition) is 2. The van der Waals surface area contributed by atoms with Gasteiger partial charge in [0.2, 0.25) is 0 Å². The second-order valence-corrected chi connectivity index (χ2v) is 5.02. The number of benzene rings is 1. The van der Waals surface area contributed by atoms with Gasteiger partial charge < -0.3 is 4.74 Å². The van der Waals surface area contributed by atoms with Crippen molar-refractivity contribution < 1.29 is 9.53 Å². The summed E-state index contributed by atoms with van der Waals surface area (Å²) >= 11 is 0. The van der Waals surface area contributed by atoms with E-state index in [1.54, 1.807) is 0 Å². The molecule has 0 bridgehead atoms. The Morgan fingerprint density at radius 1 is 1.16 bits per heavy atom. The van der Waals surface area contributed by atoms with E-state index < -0.39 is 0 Å². The average Bonchev–Trinajstić information content (AvgIpc) is 2.48. The molecule has 1 aromatic rings. The predicted octanol–water partition coefficient (Wildman–Crippen LogP) is 4.36. The second kappa shape index (κ2) is 7.13. The van der Waals surface area contributed by atoms with Crippen LogP contribution in [0.25, 0.3) is 5.57 Å². The van der Waals surface area contributed by atoms with E-state index in [0.717, 1.165) is 44.1 Å². The molecule has 0 heterocycles. The Balaban J connectivity index is 2.17. The number of ether oxygens (including phenoxy) is 1. The van der Waals surface area contributed by atoms with Crippen LogP contribution in [0.4, 0.5) is 0 Å². The molecule has 1 aromatic carbocycles. The Kier molecular flexibility index (Phi) is 5.20. The summed E-state index contributed by atoms with van der Waals surface area (Å²) < 4.78 is 5.38. The van der Waals surface area contributed by atoms with Crippen molar-refractivity contribution in [2.45, 2.75) is 45.4 Å². The lowest BCUT2D eigenvalue weighted by atomic mass is 9.87. The van der Waals surface area contributed by atoms with Crippen LogP contribution in [0.15, 0.2) is 35.9 Å². The molecule has 19 heavy (non-hydrogen) atoms. The first-order chi connectivity index (χ1) is 9.33. The van der Waals surface area contributed by atoms with Gasteiger partial charge in [-0.1, -0.05) is 43.7 Å². The third-order valence-electron chi connectivity index (χ3n) is 3.57. The van der Waals surface area contributed by atoms with E-state index in [0.29, 0.717) is 6.61 Å². The predicted molar refractivity (Wildman–Crippen MR) is 77.7 cm³/mol. The zero-order valence-electron chi connectivity index (χ0n) is 11.7. The molecule has 2 nitrogen and oxygen atoms in total. The van der Waals surface area contributed by atoms with Crippen LogP contribution in [0.3, 0.4) is 0 Å². The molecule has 0 radical (unpaired) electrons. The molecular weight excluding hydrogens is 236 g/mol. The summed E-state index contributed by atoms with van der Waals surface area (Å²) in [7, 11) is 0. The highest BCUT2D eigenvalue weighted by molar-refractivity contribution is 5.98. The van der Waals surface area contributed by atoms with Crippen molar-refractivity contribution in [3.8, 4) is 0 Å². The summed E-state index contributed by atoms with van der Waals surface area (Å²) in [5, 5.41) is 0. The first-order valence-electron chi connectivity index (χ1n) is 7.27. The van der Waals surface area contributed by atoms with E-state index in [4.69, 9.17) is 4.74 Å². The zero-order chi connectivity index (χ0) is 13.5. The third-order valence-corrected chi connectivity index (χ3v) is 3.57. The summed E-state index contributed by atoms with van der Waals surface area (Å²) in [5.41, 5.74) is 3.26. The van der Waals surface area contributed by atoms with Gasteiger partial charge in [-0.2, -0.15) is 0 Å². The standard InChI is InChI=1S/C17H22O2/c1-2-3-13-19-17(18)16-12-8-7-11-15(16)14-9-5-4-6-10-14/h4-6,9-10H,2-3,7-8,11-13H2,1H3. The van der Waals surface area contributed by atoms with E-state index >= 15 is 0 Å². The molecule has 0 aliphatic heterocycles. The van der Waals surface area contributed by atoms with Gasteiger partial charge in [0.05, 0.1) is 6.61 Å². The quantitative estimate of drug-likeness (QED) is 0.579. The summed E-state index contributed by atoms with van der Waals surface area (Å²) in [5.74, 6) is -0.105. The van der Waals surface area contributed by atoms with Crippen molar-refractivity contribution in [1.29, 1.82) is 0 Å². The van der Waals surface area contributed by atoms with Crippen molar-refractivity contribution in [3.63, 3.8) is 0 Å². The lowest BCUT2D eigenvalue weighted by Crippen LogP contribution is -2.13. The highest BCUT2D eigenvalue weighted by Crippen LogP contribution is 2.32. The Hall–Kier alpha value is -1.57. The maximum Gasteiger partial charge on any atom is 0.334 e. The van der Waals surface area contributed by atoms with Crippen LogP contribution in [-0.2, 0) is 9.53 Å². The van der Waals surface area contributed by atoms with Gasteiger partial charge in [-0.25, -0.2) is 4.79 Å². The van der Waals surface area contributed by atoms with E-state index in [1.807, 2.05) is 18.2 Å². The smallest absolute Gasteiger partial charge is 0.334 e. The van der Waals surface area contributed by atoms with E-state index in [2.05, 4.69) is 19.1 Å². The Bertz CT molecular complexity index is 446. The van der Waals surface area contributed by atoms with Crippen molar-refractivity contribution in [2.75, 3.05) is 6.61 Å². The molecule has 0 amide bonds. The van der Waals surface area contributed by atoms with Gasteiger partial charge in [-0.15, -0.1) is 0 Å². The molecule has 2 rings (SSSR count). The molecule has 0 saturated heterocycles. The Morgan fingerprint density at radius 3 is 2.63 bits per heavy atom. The molecule has 0 fully saturated rings. The van der Waals surface area contributed by atoms with E-state index in [9.17, 15) is 4.79 Å². The van der Waals surface area contributed by atoms with E-state index in [-0.39, 0.29) is 5.97 Å². The molecule has 0 spiro atoms. The number of carbonyl (C=O) groups excluding carboxylic acids is 1. The van der Waals surface area contributed by atoms with Gasteiger partial charge in [-0.3, -0.25) is 0 Å². The molecule has 1 aliphatic rings. The topological polar surface area (TPSA) is 26.3 Å². The number of carbonyl (C=O) groups is 1. The number of hydrogen-bond donors (Lipinski definition) is 0. The fourth-order valence-electron chi connectivity index (χ4n) is 2.48. The Labute approximate surface area is 115 Å². The van der Waals surface area contributed by atoms with Gasteiger partial charge in [-0.05, 0) is 43.2 Å². The molecule has 0 N–H and O–H groups in total. The van der Waals surface area contributed by atoms with Gasteiger partial charge in [0.25, 0.3) is 0 Å². The van der Waals surface area contributed by atoms with Crippen LogP contribution in [0.1, 0.15) is 51.0 Å². The first kappa shape index (κ1) is 13.9. The highest BCUT2D eigenvalue weighted by Gasteiger charge is 2.21. The van der Waals surface area contributed by atoms with Crippen LogP contribution < -0.4 is 0 Å². The highest BCUT2D eigenvalue weighted by atomic mass is 16.5. The van der Waals surface area contributed by atoms with Crippen molar-refractivity contribution in [3.05, 3.63) is 41.5 Å². The molecule has 102 valence electrons. The maximum absolute atomic E-state index is 12.2. The molecule has 0 aromatic heterocycles. The van der Waals surface area contributed by atoms with Crippen LogP contribution >= 0.6 is 0 Å². The summed E-state index contributed by atoms with van der Waals surface area (Å²) in [6.07, 6.45) is 6.10. The normalized spacial score (nSPS) is 15.4. The fourth-order valence-corrected chi connectivity index (χ4v) is 2.48. The molecule has 1 aliphatic carbocycles. The summed E-state index contributed by atoms with van der Waals surface area (Å²) in [6.45, 7) is 2.64. The fraction of sp³-hybridized carbons (Fsp3) is 0.471. The number of rotatable bonds is 5. The van der Waals surface area contributed by atoms with Crippen LogP contribution in [0, 0.1) is 0 Å². The van der Waals surface area contributed by atoms with Gasteiger partial charge >= 0.3 is 5.97 Å². The average molecular weight is 258 g/mol. The van der Waals surface area contributed by atoms with E-state index in [1.165, 1.54) is 11.1 Å². The summed E-state index contributed by atoms with van der Waals surface area (Å²) in [6, 6.07) is 10.2. The number of esters is 1. The lowest BCUT2D eigenvalue weighted by molar-refractivity contribution is -0.139. The second-order valence-electron chi connectivity index (χ2n) is 5.02. The monoisotopic (exact) mass is 258 g/mol. The van der Waals surface area contributed by atoms with Gasteiger partial charge in [0.15, 0.2) is 0 Å². The van der Waals surface area contributed by atoms with Gasteiger partial charge in [0, 0.05) is 5.57 Å². The molecule has 0 atom stereocenters. The van der Waals surface area contributed by atoms with Crippen LogP contribution in [0.5, 0.6) is 0 Å². The molecular formula is C17H22O2. The van der Waals surface area contributed by atoms with Crippen molar-refractivity contribution in [2.24, 2.45) is 0 Å². The van der Waals surface area contributed by atoms with Crippen LogP contribution in [-0.4, -0.2) is 12.6 Å². The van der Waals surface area contributed by atoms with Crippen molar-refractivity contribution >= 4 is 11.5 Å². The third kappa shape index (κ3) is 3.69. The van der Waals surface area contributed by atoms with Crippen molar-refractivity contribution in [1.82, 2.24) is 0 Å². The maximum atomic E-state index is 12.2. The lowest BCUT2D eigenvalue weighted by Gasteiger charge is -2.19. The molecule has 0 saturated carbocycles. The minimum absolute atomic E-state index is 0.105. The van der Waals surface area contributed by atoms with Gasteiger partial charge in [0.1, 0.15) is 0 Å². The number of unbranched alkanes of at least 4 members (excludes halogenated alkanes) is 1. The number of allylic oxidation sites excluding steroid dienone is 1. The SMILES string of the molecule is CCCCOC(=O)C1=C(c2ccccc2)CCCC1. The molecule has 2 heteroatoms. The van der Waals surface area contributed by atoms with Crippen LogP contribution in [0.2, 0.25) is 0 Å². The minimum atomic E-state index is -0.105. The molecule has 0 unspecified atom stereocenters.